The van der Waals surface area contributed by atoms with Crippen LogP contribution in [-0.4, -0.2) is 34.9 Å². The average Bonchev–Trinajstić information content (AvgIpc) is 3.12. The van der Waals surface area contributed by atoms with Gasteiger partial charge in [-0.2, -0.15) is 0 Å². The minimum atomic E-state index is -1.53. The van der Waals surface area contributed by atoms with Gasteiger partial charge in [-0.15, -0.1) is 0 Å². The van der Waals surface area contributed by atoms with Gasteiger partial charge in [0, 0.05) is 12.3 Å². The zero-order valence-corrected chi connectivity index (χ0v) is 20.5. The number of rotatable bonds is 7. The third kappa shape index (κ3) is 5.48. The minimum Gasteiger partial charge on any atom is -0.488 e. The number of alkyl carbamates (subject to hydrolysis) is 1. The van der Waals surface area contributed by atoms with Crippen molar-refractivity contribution in [3.05, 3.63) is 89.5 Å². The van der Waals surface area contributed by atoms with E-state index in [-0.39, 0.29) is 24.5 Å². The molecular formula is C29H31NO5. The van der Waals surface area contributed by atoms with Gasteiger partial charge in [0.25, 0.3) is 0 Å². The van der Waals surface area contributed by atoms with E-state index < -0.39 is 17.6 Å². The summed E-state index contributed by atoms with van der Waals surface area (Å²) in [7, 11) is 0. The number of nitrogens with one attached hydrogen (secondary N) is 1. The Bertz CT molecular complexity index is 1180. The highest BCUT2D eigenvalue weighted by atomic mass is 16.5. The van der Waals surface area contributed by atoms with Crippen LogP contribution in [0.1, 0.15) is 50.3 Å². The maximum absolute atomic E-state index is 12.7. The van der Waals surface area contributed by atoms with Gasteiger partial charge in [-0.25, -0.2) is 9.59 Å². The molecule has 4 rings (SSSR count). The predicted molar refractivity (Wildman–Crippen MR) is 135 cm³/mol. The molecule has 2 N–H and O–H groups in total. The number of carboxylic acid groups (broad SMARTS) is 1. The molecule has 0 saturated heterocycles. The number of hydrogen-bond acceptors (Lipinski definition) is 4. The first-order valence-electron chi connectivity index (χ1n) is 11.7. The van der Waals surface area contributed by atoms with Crippen LogP contribution in [0.25, 0.3) is 11.1 Å². The average molecular weight is 474 g/mol. The molecule has 0 aliphatic heterocycles. The molecule has 0 spiro atoms. The number of carbonyl (C=O) groups excluding carboxylic acids is 1. The Morgan fingerprint density at radius 2 is 1.40 bits per heavy atom. The molecule has 0 fully saturated rings. The molecule has 0 bridgehead atoms. The van der Waals surface area contributed by atoms with E-state index in [1.807, 2.05) is 69.3 Å². The monoisotopic (exact) mass is 473 g/mol. The van der Waals surface area contributed by atoms with Crippen LogP contribution in [0.2, 0.25) is 0 Å². The fourth-order valence-corrected chi connectivity index (χ4v) is 4.47. The van der Waals surface area contributed by atoms with Gasteiger partial charge in [0.1, 0.15) is 23.5 Å². The second-order valence-electron chi connectivity index (χ2n) is 10.1. The third-order valence-corrected chi connectivity index (χ3v) is 6.10. The summed E-state index contributed by atoms with van der Waals surface area (Å²) < 4.78 is 11.4. The summed E-state index contributed by atoms with van der Waals surface area (Å²) in [5, 5.41) is 12.5. The van der Waals surface area contributed by atoms with Crippen LogP contribution in [0.3, 0.4) is 0 Å². The molecule has 6 heteroatoms. The van der Waals surface area contributed by atoms with Crippen molar-refractivity contribution in [1.29, 1.82) is 0 Å². The molecule has 3 aromatic rings. The van der Waals surface area contributed by atoms with Crippen molar-refractivity contribution in [3.63, 3.8) is 0 Å². The number of hydrogen-bond donors (Lipinski definition) is 2. The molecule has 0 saturated carbocycles. The zero-order chi connectivity index (χ0) is 25.2. The molecule has 1 aliphatic rings. The quantitative estimate of drug-likeness (QED) is 0.454. The van der Waals surface area contributed by atoms with Gasteiger partial charge in [0.05, 0.1) is 0 Å². The van der Waals surface area contributed by atoms with Crippen LogP contribution in [0.15, 0.2) is 72.8 Å². The van der Waals surface area contributed by atoms with Crippen molar-refractivity contribution in [2.45, 2.75) is 51.2 Å². The molecule has 3 aromatic carbocycles. The van der Waals surface area contributed by atoms with Crippen LogP contribution >= 0.6 is 0 Å². The Morgan fingerprint density at radius 3 is 1.91 bits per heavy atom. The summed E-state index contributed by atoms with van der Waals surface area (Å²) in [5.74, 6) is -0.539. The summed E-state index contributed by atoms with van der Waals surface area (Å²) in [6.07, 6.45) is -0.660. The maximum Gasteiger partial charge on any atom is 0.408 e. The second-order valence-corrected chi connectivity index (χ2v) is 10.1. The third-order valence-electron chi connectivity index (χ3n) is 6.10. The number of aliphatic carboxylic acids is 1. The molecule has 0 heterocycles. The molecule has 1 atom stereocenters. The minimum absolute atomic E-state index is 0.0976. The van der Waals surface area contributed by atoms with Gasteiger partial charge in [-0.1, -0.05) is 60.7 Å². The molecule has 182 valence electrons. The Kier molecular flexibility index (Phi) is 6.57. The van der Waals surface area contributed by atoms with E-state index in [2.05, 4.69) is 17.4 Å². The molecule has 1 unspecified atom stereocenters. The van der Waals surface area contributed by atoms with E-state index in [1.54, 1.807) is 12.1 Å². The lowest BCUT2D eigenvalue weighted by atomic mass is 9.93. The standard InChI is InChI=1S/C29H31NO5/c1-28(2,3)35-20-15-13-19(14-16-20)17-29(4,26(31)32)30-27(33)34-18-25-23-11-7-5-9-21(23)22-10-6-8-12-24(22)25/h5-16,25H,17-18H2,1-4H3,(H,30,33)(H,31,32). The van der Waals surface area contributed by atoms with Crippen molar-refractivity contribution in [1.82, 2.24) is 5.32 Å². The van der Waals surface area contributed by atoms with Crippen LogP contribution in [-0.2, 0) is 16.0 Å². The van der Waals surface area contributed by atoms with Crippen LogP contribution in [0, 0.1) is 0 Å². The topological polar surface area (TPSA) is 84.9 Å². The summed E-state index contributed by atoms with van der Waals surface area (Å²) in [6, 6.07) is 23.3. The van der Waals surface area contributed by atoms with Crippen molar-refractivity contribution < 1.29 is 24.2 Å². The molecular weight excluding hydrogens is 442 g/mol. The molecule has 1 amide bonds. The van der Waals surface area contributed by atoms with Gasteiger partial charge in [-0.3, -0.25) is 0 Å². The first kappa shape index (κ1) is 24.3. The van der Waals surface area contributed by atoms with Gasteiger partial charge < -0.3 is 19.9 Å². The Morgan fingerprint density at radius 1 is 0.857 bits per heavy atom. The molecule has 0 radical (unpaired) electrons. The van der Waals surface area contributed by atoms with Crippen LogP contribution in [0.5, 0.6) is 5.75 Å². The summed E-state index contributed by atoms with van der Waals surface area (Å²) in [6.45, 7) is 7.48. The molecule has 0 aromatic heterocycles. The first-order valence-corrected chi connectivity index (χ1v) is 11.7. The number of carbonyl (C=O) groups is 2. The maximum atomic E-state index is 12.7. The van der Waals surface area contributed by atoms with E-state index in [4.69, 9.17) is 9.47 Å². The van der Waals surface area contributed by atoms with Crippen molar-refractivity contribution in [2.24, 2.45) is 0 Å². The van der Waals surface area contributed by atoms with Gasteiger partial charge >= 0.3 is 12.1 Å². The van der Waals surface area contributed by atoms with E-state index in [0.717, 1.165) is 27.8 Å². The van der Waals surface area contributed by atoms with Crippen molar-refractivity contribution >= 4 is 12.1 Å². The lowest BCUT2D eigenvalue weighted by Crippen LogP contribution is -2.54. The highest BCUT2D eigenvalue weighted by Crippen LogP contribution is 2.44. The smallest absolute Gasteiger partial charge is 0.408 e. The Balaban J connectivity index is 1.43. The summed E-state index contributed by atoms with van der Waals surface area (Å²) in [4.78, 5) is 24.8. The Labute approximate surface area is 205 Å². The normalized spacial score (nSPS) is 14.4. The van der Waals surface area contributed by atoms with E-state index in [1.165, 1.54) is 6.92 Å². The van der Waals surface area contributed by atoms with E-state index in [0.29, 0.717) is 5.75 Å². The van der Waals surface area contributed by atoms with Crippen molar-refractivity contribution in [3.8, 4) is 16.9 Å². The SMILES string of the molecule is CC(C)(C)Oc1ccc(CC(C)(NC(=O)OCC2c3ccccc3-c3ccccc32)C(=O)O)cc1. The van der Waals surface area contributed by atoms with Gasteiger partial charge in [0.15, 0.2) is 0 Å². The van der Waals surface area contributed by atoms with E-state index in [9.17, 15) is 14.7 Å². The molecule has 1 aliphatic carbocycles. The van der Waals surface area contributed by atoms with Crippen LogP contribution in [0.4, 0.5) is 4.79 Å². The van der Waals surface area contributed by atoms with Gasteiger partial charge in [0.2, 0.25) is 0 Å². The predicted octanol–water partition coefficient (Wildman–Crippen LogP) is 5.79. The fourth-order valence-electron chi connectivity index (χ4n) is 4.47. The molecule has 35 heavy (non-hydrogen) atoms. The number of fused-ring (bicyclic) bond motifs is 3. The zero-order valence-electron chi connectivity index (χ0n) is 20.5. The fraction of sp³-hybridized carbons (Fsp3) is 0.310. The highest BCUT2D eigenvalue weighted by molar-refractivity contribution is 5.84. The summed E-state index contributed by atoms with van der Waals surface area (Å²) in [5.41, 5.74) is 3.35. The highest BCUT2D eigenvalue weighted by Gasteiger charge is 2.36. The van der Waals surface area contributed by atoms with Crippen LogP contribution < -0.4 is 10.1 Å². The molecule has 6 nitrogen and oxygen atoms in total. The summed E-state index contributed by atoms with van der Waals surface area (Å²) >= 11 is 0. The lowest BCUT2D eigenvalue weighted by molar-refractivity contribution is -0.143. The number of benzene rings is 3. The number of amides is 1. The number of carboxylic acids is 1. The number of ether oxygens (including phenoxy) is 2. The largest absolute Gasteiger partial charge is 0.488 e. The van der Waals surface area contributed by atoms with Crippen molar-refractivity contribution in [2.75, 3.05) is 6.61 Å². The van der Waals surface area contributed by atoms with E-state index >= 15 is 0 Å². The second kappa shape index (κ2) is 9.45. The Hall–Kier alpha value is -3.80. The lowest BCUT2D eigenvalue weighted by Gasteiger charge is -2.27. The van der Waals surface area contributed by atoms with Gasteiger partial charge in [-0.05, 0) is 67.6 Å². The first-order chi connectivity index (χ1) is 16.6.